The molecule has 2 heterocycles. The molecule has 0 saturated carbocycles. The Bertz CT molecular complexity index is 1400. The van der Waals surface area contributed by atoms with Crippen molar-refractivity contribution in [3.8, 4) is 11.5 Å². The van der Waals surface area contributed by atoms with E-state index in [9.17, 15) is 16.8 Å². The highest BCUT2D eigenvalue weighted by Crippen LogP contribution is 2.32. The van der Waals surface area contributed by atoms with E-state index in [4.69, 9.17) is 9.47 Å². The summed E-state index contributed by atoms with van der Waals surface area (Å²) in [7, 11) is -7.57. The van der Waals surface area contributed by atoms with Crippen LogP contribution in [0.3, 0.4) is 0 Å². The molecule has 3 aromatic rings. The zero-order chi connectivity index (χ0) is 23.1. The number of rotatable bonds is 6. The van der Waals surface area contributed by atoms with Crippen LogP contribution in [0, 0.1) is 0 Å². The maximum Gasteiger partial charge on any atom is 0.243 e. The standard InChI is InChI=1S/C23H22N2O6S2/c26-32(27,24-14-17-5-10-22-23(13-17)31-16-30-22)20-6-8-21(9-7-20)33(28,29)25-12-11-18-3-1-2-4-19(18)15-25/h1-10,13,24H,11-12,14-16H2. The maximum absolute atomic E-state index is 13.1. The number of sulfonamides is 2. The first-order valence-electron chi connectivity index (χ1n) is 10.4. The summed E-state index contributed by atoms with van der Waals surface area (Å²) in [5.41, 5.74) is 2.85. The first-order valence-corrected chi connectivity index (χ1v) is 13.3. The van der Waals surface area contributed by atoms with E-state index >= 15 is 0 Å². The highest BCUT2D eigenvalue weighted by molar-refractivity contribution is 7.89. The van der Waals surface area contributed by atoms with Crippen LogP contribution >= 0.6 is 0 Å². The Kier molecular flexibility index (Phi) is 5.61. The Morgan fingerprint density at radius 2 is 1.52 bits per heavy atom. The summed E-state index contributed by atoms with van der Waals surface area (Å²) in [5.74, 6) is 1.19. The smallest absolute Gasteiger partial charge is 0.243 e. The van der Waals surface area contributed by atoms with Crippen molar-refractivity contribution in [2.75, 3.05) is 13.3 Å². The number of ether oxygens (including phenoxy) is 2. The first kappa shape index (κ1) is 21.9. The van der Waals surface area contributed by atoms with E-state index in [-0.39, 0.29) is 23.1 Å². The SMILES string of the molecule is O=S(=O)(NCc1ccc2c(c1)OCO2)c1ccc(S(=O)(=O)N2CCc3ccccc3C2)cc1. The molecular formula is C23H22N2O6S2. The molecule has 1 N–H and O–H groups in total. The van der Waals surface area contributed by atoms with Crippen LogP contribution in [0.1, 0.15) is 16.7 Å². The second-order valence-electron chi connectivity index (χ2n) is 7.84. The number of nitrogens with one attached hydrogen (secondary N) is 1. The number of nitrogens with zero attached hydrogens (tertiary/aromatic N) is 1. The number of fused-ring (bicyclic) bond motifs is 2. The molecule has 0 aromatic heterocycles. The van der Waals surface area contributed by atoms with Gasteiger partial charge in [-0.15, -0.1) is 0 Å². The van der Waals surface area contributed by atoms with E-state index in [2.05, 4.69) is 4.72 Å². The third-order valence-corrected chi connectivity index (χ3v) is 9.05. The maximum atomic E-state index is 13.1. The fourth-order valence-electron chi connectivity index (χ4n) is 3.93. The van der Waals surface area contributed by atoms with Gasteiger partial charge in [-0.05, 0) is 59.5 Å². The average Bonchev–Trinajstić information content (AvgIpc) is 3.30. The number of hydrogen-bond donors (Lipinski definition) is 1. The topological polar surface area (TPSA) is 102 Å². The molecule has 0 bridgehead atoms. The second-order valence-corrected chi connectivity index (χ2v) is 11.5. The lowest BCUT2D eigenvalue weighted by Gasteiger charge is -2.28. The Morgan fingerprint density at radius 3 is 2.30 bits per heavy atom. The summed E-state index contributed by atoms with van der Waals surface area (Å²) >= 11 is 0. The van der Waals surface area contributed by atoms with Gasteiger partial charge in [0.05, 0.1) is 9.79 Å². The van der Waals surface area contributed by atoms with Crippen molar-refractivity contribution in [2.24, 2.45) is 0 Å². The molecule has 0 atom stereocenters. The lowest BCUT2D eigenvalue weighted by Crippen LogP contribution is -2.35. The molecule has 5 rings (SSSR count). The summed E-state index contributed by atoms with van der Waals surface area (Å²) in [5, 5.41) is 0. The molecule has 10 heteroatoms. The Balaban J connectivity index is 1.29. The van der Waals surface area contributed by atoms with Crippen molar-refractivity contribution in [3.05, 3.63) is 83.4 Å². The molecule has 0 amide bonds. The molecule has 0 radical (unpaired) electrons. The van der Waals surface area contributed by atoms with E-state index in [1.165, 1.54) is 28.6 Å². The summed E-state index contributed by atoms with van der Waals surface area (Å²) in [4.78, 5) is 0.0581. The summed E-state index contributed by atoms with van der Waals surface area (Å²) in [6, 6.07) is 18.3. The van der Waals surface area contributed by atoms with Crippen LogP contribution in [-0.4, -0.2) is 34.5 Å². The average molecular weight is 487 g/mol. The Hall–Kier alpha value is -2.92. The summed E-state index contributed by atoms with van der Waals surface area (Å²) in [6.07, 6.45) is 0.644. The van der Waals surface area contributed by atoms with Gasteiger partial charge in [0.1, 0.15) is 0 Å². The third kappa shape index (κ3) is 4.34. The summed E-state index contributed by atoms with van der Waals surface area (Å²) in [6.45, 7) is 0.891. The van der Waals surface area contributed by atoms with Gasteiger partial charge >= 0.3 is 0 Å². The fraction of sp³-hybridized carbons (Fsp3) is 0.217. The monoisotopic (exact) mass is 486 g/mol. The van der Waals surface area contributed by atoms with Crippen LogP contribution in [0.4, 0.5) is 0 Å². The predicted octanol–water partition coefficient (Wildman–Crippen LogP) is 2.64. The van der Waals surface area contributed by atoms with Gasteiger partial charge in [-0.1, -0.05) is 30.3 Å². The lowest BCUT2D eigenvalue weighted by molar-refractivity contribution is 0.174. The van der Waals surface area contributed by atoms with E-state index < -0.39 is 20.0 Å². The largest absolute Gasteiger partial charge is 0.454 e. The normalized spacial score (nSPS) is 15.9. The van der Waals surface area contributed by atoms with Crippen molar-refractivity contribution >= 4 is 20.0 Å². The van der Waals surface area contributed by atoms with Crippen molar-refractivity contribution in [3.63, 3.8) is 0 Å². The quantitative estimate of drug-likeness (QED) is 0.575. The van der Waals surface area contributed by atoms with Crippen LogP contribution in [0.15, 0.2) is 76.5 Å². The number of hydrogen-bond acceptors (Lipinski definition) is 6. The minimum Gasteiger partial charge on any atom is -0.454 e. The zero-order valence-electron chi connectivity index (χ0n) is 17.6. The molecule has 0 unspecified atom stereocenters. The third-order valence-electron chi connectivity index (χ3n) is 5.77. The molecular weight excluding hydrogens is 464 g/mol. The minimum atomic E-state index is -3.83. The van der Waals surface area contributed by atoms with E-state index in [0.717, 1.165) is 11.1 Å². The number of benzene rings is 3. The van der Waals surface area contributed by atoms with Gasteiger partial charge in [0.25, 0.3) is 0 Å². The van der Waals surface area contributed by atoms with Crippen LogP contribution in [0.5, 0.6) is 11.5 Å². The Morgan fingerprint density at radius 1 is 0.818 bits per heavy atom. The van der Waals surface area contributed by atoms with Crippen LogP contribution in [-0.2, 0) is 39.6 Å². The van der Waals surface area contributed by atoms with Gasteiger partial charge in [-0.25, -0.2) is 21.6 Å². The predicted molar refractivity (Wildman–Crippen MR) is 121 cm³/mol. The van der Waals surface area contributed by atoms with Crippen molar-refractivity contribution < 1.29 is 26.3 Å². The molecule has 8 nitrogen and oxygen atoms in total. The zero-order valence-corrected chi connectivity index (χ0v) is 19.2. The molecule has 0 aliphatic carbocycles. The highest BCUT2D eigenvalue weighted by Gasteiger charge is 2.28. The van der Waals surface area contributed by atoms with Crippen LogP contribution in [0.25, 0.3) is 0 Å². The highest BCUT2D eigenvalue weighted by atomic mass is 32.2. The van der Waals surface area contributed by atoms with Gasteiger partial charge in [0, 0.05) is 19.6 Å². The van der Waals surface area contributed by atoms with E-state index in [0.29, 0.717) is 36.6 Å². The fourth-order valence-corrected chi connectivity index (χ4v) is 6.36. The molecule has 172 valence electrons. The van der Waals surface area contributed by atoms with Crippen LogP contribution in [0.2, 0.25) is 0 Å². The van der Waals surface area contributed by atoms with Gasteiger partial charge in [-0.2, -0.15) is 4.31 Å². The van der Waals surface area contributed by atoms with Gasteiger partial charge < -0.3 is 9.47 Å². The van der Waals surface area contributed by atoms with E-state index in [1.807, 2.05) is 24.3 Å². The molecule has 0 fully saturated rings. The molecule has 3 aromatic carbocycles. The molecule has 0 saturated heterocycles. The second kappa shape index (κ2) is 8.45. The van der Waals surface area contributed by atoms with E-state index in [1.54, 1.807) is 18.2 Å². The van der Waals surface area contributed by atoms with Gasteiger partial charge in [-0.3, -0.25) is 0 Å². The molecule has 2 aliphatic rings. The summed E-state index contributed by atoms with van der Waals surface area (Å²) < 4.78 is 66.1. The van der Waals surface area contributed by atoms with Crippen molar-refractivity contribution in [1.82, 2.24) is 9.03 Å². The van der Waals surface area contributed by atoms with Crippen LogP contribution < -0.4 is 14.2 Å². The first-order chi connectivity index (χ1) is 15.8. The lowest BCUT2D eigenvalue weighted by atomic mass is 10.0. The molecule has 33 heavy (non-hydrogen) atoms. The minimum absolute atomic E-state index is 0.00816. The van der Waals surface area contributed by atoms with Crippen molar-refractivity contribution in [2.45, 2.75) is 29.3 Å². The molecule has 0 spiro atoms. The molecule has 2 aliphatic heterocycles. The van der Waals surface area contributed by atoms with Gasteiger partial charge in [0.15, 0.2) is 11.5 Å². The van der Waals surface area contributed by atoms with Crippen molar-refractivity contribution in [1.29, 1.82) is 0 Å². The Labute approximate surface area is 192 Å². The van der Waals surface area contributed by atoms with Gasteiger partial charge in [0.2, 0.25) is 26.8 Å².